The van der Waals surface area contributed by atoms with Crippen molar-refractivity contribution in [1.82, 2.24) is 4.57 Å². The van der Waals surface area contributed by atoms with Crippen LogP contribution in [0.3, 0.4) is 0 Å². The average molecular weight is 663 g/mol. The number of rotatable bonds is 6. The molecule has 0 amide bonds. The first-order valence-electron chi connectivity index (χ1n) is 17.8. The van der Waals surface area contributed by atoms with Crippen LogP contribution in [0.4, 0.5) is 17.1 Å². The molecule has 2 heteroatoms. The predicted molar refractivity (Wildman–Crippen MR) is 221 cm³/mol. The highest BCUT2D eigenvalue weighted by atomic mass is 15.1. The molecule has 0 spiro atoms. The summed E-state index contributed by atoms with van der Waals surface area (Å²) in [5.74, 6) is 0. The minimum Gasteiger partial charge on any atom is -0.310 e. The maximum Gasteiger partial charge on any atom is 0.0619 e. The zero-order valence-corrected chi connectivity index (χ0v) is 28.5. The van der Waals surface area contributed by atoms with Crippen LogP contribution in [-0.4, -0.2) is 4.57 Å². The first-order valence-corrected chi connectivity index (χ1v) is 17.8. The van der Waals surface area contributed by atoms with Gasteiger partial charge in [0.05, 0.1) is 11.0 Å². The smallest absolute Gasteiger partial charge is 0.0619 e. The van der Waals surface area contributed by atoms with Crippen molar-refractivity contribution in [2.24, 2.45) is 0 Å². The van der Waals surface area contributed by atoms with Crippen molar-refractivity contribution in [3.05, 3.63) is 206 Å². The van der Waals surface area contributed by atoms with Crippen molar-refractivity contribution in [1.29, 1.82) is 0 Å². The summed E-state index contributed by atoms with van der Waals surface area (Å²) in [7, 11) is 0. The van der Waals surface area contributed by atoms with Crippen LogP contribution in [0.1, 0.15) is 0 Å². The monoisotopic (exact) mass is 662 g/mol. The lowest BCUT2D eigenvalue weighted by Crippen LogP contribution is -2.10. The van der Waals surface area contributed by atoms with Crippen LogP contribution in [0.5, 0.6) is 0 Å². The lowest BCUT2D eigenvalue weighted by molar-refractivity contribution is 1.18. The van der Waals surface area contributed by atoms with Crippen LogP contribution < -0.4 is 4.90 Å². The minimum atomic E-state index is 1.10. The molecule has 1 aromatic heterocycles. The standard InChI is InChI=1S/C50H34N2/c1-3-11-35(12-4-1)37-21-26-43(27-22-37)51(44-28-23-38(24-29-44)41-20-19-36-13-7-8-15-40(36)33-41)45-30-32-47-48-31-25-39-14-9-10-18-46(39)50(48)52(49(47)34-45)42-16-5-2-6-17-42/h1-34H. The summed E-state index contributed by atoms with van der Waals surface area (Å²) in [4.78, 5) is 2.38. The Balaban J connectivity index is 1.16. The van der Waals surface area contributed by atoms with Crippen LogP contribution in [-0.2, 0) is 0 Å². The molecule has 0 aliphatic rings. The van der Waals surface area contributed by atoms with E-state index in [1.54, 1.807) is 0 Å². The summed E-state index contributed by atoms with van der Waals surface area (Å²) in [5, 5.41) is 7.48. The molecule has 10 rings (SSSR count). The number of nitrogens with zero attached hydrogens (tertiary/aromatic N) is 2. The molecule has 0 radical (unpaired) electrons. The first-order chi connectivity index (χ1) is 25.8. The quantitative estimate of drug-likeness (QED) is 0.172. The number of aromatic nitrogens is 1. The molecule has 10 aromatic rings. The maximum absolute atomic E-state index is 2.44. The van der Waals surface area contributed by atoms with Gasteiger partial charge in [0.25, 0.3) is 0 Å². The fourth-order valence-electron chi connectivity index (χ4n) is 7.80. The highest BCUT2D eigenvalue weighted by Gasteiger charge is 2.19. The van der Waals surface area contributed by atoms with Crippen LogP contribution in [0.2, 0.25) is 0 Å². The number of para-hydroxylation sites is 1. The summed E-state index contributed by atoms with van der Waals surface area (Å²) in [5.41, 5.74) is 11.7. The topological polar surface area (TPSA) is 8.17 Å². The third-order valence-electron chi connectivity index (χ3n) is 10.4. The fraction of sp³-hybridized carbons (Fsp3) is 0. The number of benzene rings is 9. The largest absolute Gasteiger partial charge is 0.310 e. The summed E-state index contributed by atoms with van der Waals surface area (Å²) in [6.07, 6.45) is 0. The van der Waals surface area contributed by atoms with Gasteiger partial charge in [-0.2, -0.15) is 0 Å². The van der Waals surface area contributed by atoms with E-state index in [-0.39, 0.29) is 0 Å². The second kappa shape index (κ2) is 12.5. The van der Waals surface area contributed by atoms with Crippen LogP contribution in [0.25, 0.3) is 71.3 Å². The van der Waals surface area contributed by atoms with E-state index < -0.39 is 0 Å². The Labute approximate surface area is 303 Å². The molecule has 0 atom stereocenters. The van der Waals surface area contributed by atoms with E-state index >= 15 is 0 Å². The molecular weight excluding hydrogens is 629 g/mol. The van der Waals surface area contributed by atoms with Gasteiger partial charge in [0.15, 0.2) is 0 Å². The molecule has 0 fully saturated rings. The van der Waals surface area contributed by atoms with Gasteiger partial charge in [-0.1, -0.05) is 152 Å². The van der Waals surface area contributed by atoms with E-state index in [0.29, 0.717) is 0 Å². The second-order valence-corrected chi connectivity index (χ2v) is 13.4. The lowest BCUT2D eigenvalue weighted by Gasteiger charge is -2.26. The zero-order valence-electron chi connectivity index (χ0n) is 28.5. The van der Waals surface area contributed by atoms with E-state index in [9.17, 15) is 0 Å². The van der Waals surface area contributed by atoms with Gasteiger partial charge in [0, 0.05) is 38.9 Å². The molecule has 0 unspecified atom stereocenters. The van der Waals surface area contributed by atoms with E-state index in [2.05, 4.69) is 216 Å². The van der Waals surface area contributed by atoms with Gasteiger partial charge >= 0.3 is 0 Å². The van der Waals surface area contributed by atoms with E-state index in [1.165, 1.54) is 65.6 Å². The molecule has 244 valence electrons. The number of hydrogen-bond donors (Lipinski definition) is 0. The van der Waals surface area contributed by atoms with Gasteiger partial charge in [0.2, 0.25) is 0 Å². The van der Waals surface area contributed by atoms with Crippen molar-refractivity contribution in [2.75, 3.05) is 4.90 Å². The van der Waals surface area contributed by atoms with Gasteiger partial charge in [0.1, 0.15) is 0 Å². The maximum atomic E-state index is 2.44. The molecule has 52 heavy (non-hydrogen) atoms. The molecule has 2 nitrogen and oxygen atoms in total. The third-order valence-corrected chi connectivity index (χ3v) is 10.4. The van der Waals surface area contributed by atoms with Gasteiger partial charge in [-0.05, 0) is 93.0 Å². The van der Waals surface area contributed by atoms with Crippen LogP contribution >= 0.6 is 0 Å². The molecular formula is C50H34N2. The van der Waals surface area contributed by atoms with E-state index in [1.807, 2.05) is 0 Å². The Morgan fingerprint density at radius 2 is 0.827 bits per heavy atom. The molecule has 9 aromatic carbocycles. The lowest BCUT2D eigenvalue weighted by atomic mass is 10.0. The summed E-state index contributed by atoms with van der Waals surface area (Å²) in [6, 6.07) is 74.7. The SMILES string of the molecule is c1ccc(-c2ccc(N(c3ccc(-c4ccc5ccccc5c4)cc3)c3ccc4c5ccc6ccccc6c5n(-c5ccccc5)c4c3)cc2)cc1. The highest BCUT2D eigenvalue weighted by Crippen LogP contribution is 2.42. The number of anilines is 3. The van der Waals surface area contributed by atoms with Gasteiger partial charge in [-0.3, -0.25) is 0 Å². The summed E-state index contributed by atoms with van der Waals surface area (Å²) in [6.45, 7) is 0. The molecule has 0 saturated carbocycles. The minimum absolute atomic E-state index is 1.10. The number of hydrogen-bond acceptors (Lipinski definition) is 1. The first kappa shape index (κ1) is 30.0. The second-order valence-electron chi connectivity index (χ2n) is 13.4. The molecule has 0 saturated heterocycles. The fourth-order valence-corrected chi connectivity index (χ4v) is 7.80. The zero-order chi connectivity index (χ0) is 34.4. The van der Waals surface area contributed by atoms with Gasteiger partial charge < -0.3 is 9.47 Å². The van der Waals surface area contributed by atoms with Crippen LogP contribution in [0.15, 0.2) is 206 Å². The normalized spacial score (nSPS) is 11.5. The van der Waals surface area contributed by atoms with Gasteiger partial charge in [-0.15, -0.1) is 0 Å². The van der Waals surface area contributed by atoms with Crippen molar-refractivity contribution >= 4 is 60.4 Å². The summed E-state index contributed by atoms with van der Waals surface area (Å²) < 4.78 is 2.44. The third kappa shape index (κ3) is 5.12. The van der Waals surface area contributed by atoms with Crippen LogP contribution in [0, 0.1) is 0 Å². The van der Waals surface area contributed by atoms with Crippen molar-refractivity contribution < 1.29 is 0 Å². The molecule has 0 aliphatic heterocycles. The Kier molecular flexibility index (Phi) is 7.18. The summed E-state index contributed by atoms with van der Waals surface area (Å²) >= 11 is 0. The predicted octanol–water partition coefficient (Wildman–Crippen LogP) is 13.9. The van der Waals surface area contributed by atoms with E-state index in [0.717, 1.165) is 22.7 Å². The van der Waals surface area contributed by atoms with E-state index in [4.69, 9.17) is 0 Å². The Morgan fingerprint density at radius 3 is 1.56 bits per heavy atom. The average Bonchev–Trinajstić information content (AvgIpc) is 3.56. The Hall–Kier alpha value is -6.90. The van der Waals surface area contributed by atoms with Crippen molar-refractivity contribution in [2.45, 2.75) is 0 Å². The molecule has 0 N–H and O–H groups in total. The van der Waals surface area contributed by atoms with Gasteiger partial charge in [-0.25, -0.2) is 0 Å². The Morgan fingerprint density at radius 1 is 0.308 bits per heavy atom. The van der Waals surface area contributed by atoms with Crippen molar-refractivity contribution in [3.8, 4) is 27.9 Å². The highest BCUT2D eigenvalue weighted by molar-refractivity contribution is 6.19. The van der Waals surface area contributed by atoms with Crippen molar-refractivity contribution in [3.63, 3.8) is 0 Å². The molecule has 0 aliphatic carbocycles. The Bertz CT molecular complexity index is 2870. The number of fused-ring (bicyclic) bond motifs is 6. The molecule has 1 heterocycles. The molecule has 0 bridgehead atoms.